The predicted molar refractivity (Wildman–Crippen MR) is 73.1 cm³/mol. The number of aliphatic hydroxyl groups excluding tert-OH is 1. The number of rotatable bonds is 7. The lowest BCUT2D eigenvalue weighted by atomic mass is 10.1. The normalized spacial score (nSPS) is 12.1. The minimum atomic E-state index is -0.317. The number of anilines is 1. The Labute approximate surface area is 108 Å². The molecule has 0 aliphatic rings. The van der Waals surface area contributed by atoms with Crippen molar-refractivity contribution in [2.24, 2.45) is 0 Å². The van der Waals surface area contributed by atoms with Gasteiger partial charge in [0.25, 0.3) is 0 Å². The predicted octanol–water partition coefficient (Wildman–Crippen LogP) is 1.48. The van der Waals surface area contributed by atoms with Crippen LogP contribution < -0.4 is 11.1 Å². The van der Waals surface area contributed by atoms with Crippen LogP contribution in [0.2, 0.25) is 0 Å². The maximum absolute atomic E-state index is 11.5. The molecule has 1 amide bonds. The summed E-state index contributed by atoms with van der Waals surface area (Å²) in [6.07, 6.45) is 2.20. The zero-order valence-electron chi connectivity index (χ0n) is 10.9. The Kier molecular flexibility index (Phi) is 6.22. The van der Waals surface area contributed by atoms with Crippen LogP contribution in [0.5, 0.6) is 0 Å². The molecule has 4 heteroatoms. The first-order chi connectivity index (χ1) is 8.61. The van der Waals surface area contributed by atoms with Crippen LogP contribution in [-0.2, 0) is 11.2 Å². The summed E-state index contributed by atoms with van der Waals surface area (Å²) in [6, 6.07) is 7.54. The molecule has 1 atom stereocenters. The Morgan fingerprint density at radius 2 is 2.06 bits per heavy atom. The summed E-state index contributed by atoms with van der Waals surface area (Å²) >= 11 is 0. The van der Waals surface area contributed by atoms with Crippen molar-refractivity contribution in [1.29, 1.82) is 0 Å². The van der Waals surface area contributed by atoms with Gasteiger partial charge < -0.3 is 16.2 Å². The van der Waals surface area contributed by atoms with Gasteiger partial charge in [0.15, 0.2) is 0 Å². The maximum atomic E-state index is 11.5. The van der Waals surface area contributed by atoms with E-state index in [4.69, 9.17) is 5.73 Å². The highest BCUT2D eigenvalue weighted by atomic mass is 16.3. The van der Waals surface area contributed by atoms with Gasteiger partial charge in [0.05, 0.1) is 6.10 Å². The number of benzene rings is 1. The van der Waals surface area contributed by atoms with Gasteiger partial charge in [0.1, 0.15) is 0 Å². The van der Waals surface area contributed by atoms with Crippen LogP contribution in [-0.4, -0.2) is 23.7 Å². The average Bonchev–Trinajstić information content (AvgIpc) is 2.38. The van der Waals surface area contributed by atoms with Gasteiger partial charge in [-0.15, -0.1) is 0 Å². The molecule has 4 N–H and O–H groups in total. The van der Waals surface area contributed by atoms with E-state index in [1.165, 1.54) is 0 Å². The molecule has 0 aliphatic carbocycles. The number of carbonyl (C=O) groups excluding carboxylic acids is 1. The highest BCUT2D eigenvalue weighted by molar-refractivity contribution is 5.76. The van der Waals surface area contributed by atoms with Crippen LogP contribution in [0, 0.1) is 0 Å². The minimum absolute atomic E-state index is 0.0233. The highest BCUT2D eigenvalue weighted by Gasteiger charge is 2.04. The summed E-state index contributed by atoms with van der Waals surface area (Å²) in [7, 11) is 0. The summed E-state index contributed by atoms with van der Waals surface area (Å²) < 4.78 is 0. The topological polar surface area (TPSA) is 75.3 Å². The Hall–Kier alpha value is -1.55. The second-order valence-electron chi connectivity index (χ2n) is 4.44. The van der Waals surface area contributed by atoms with Crippen LogP contribution in [0.4, 0.5) is 5.69 Å². The Balaban J connectivity index is 2.19. The van der Waals surface area contributed by atoms with Crippen molar-refractivity contribution in [3.05, 3.63) is 29.8 Å². The van der Waals surface area contributed by atoms with Gasteiger partial charge in [0.2, 0.25) is 5.91 Å². The Morgan fingerprint density at radius 3 is 2.67 bits per heavy atom. The standard InChI is InChI=1S/C14H22N2O2/c1-2-13(17)9-10-16-14(18)8-5-11-3-6-12(15)7-4-11/h3-4,6-7,13,17H,2,5,8-10,15H2,1H3,(H,16,18). The van der Waals surface area contributed by atoms with Crippen molar-refractivity contribution in [3.8, 4) is 0 Å². The van der Waals surface area contributed by atoms with Gasteiger partial charge in [-0.05, 0) is 37.0 Å². The lowest BCUT2D eigenvalue weighted by Gasteiger charge is -2.08. The number of nitrogen functional groups attached to an aromatic ring is 1. The summed E-state index contributed by atoms with van der Waals surface area (Å²) in [5.74, 6) is 0.0233. The van der Waals surface area contributed by atoms with Crippen molar-refractivity contribution in [1.82, 2.24) is 5.32 Å². The third-order valence-corrected chi connectivity index (χ3v) is 2.89. The van der Waals surface area contributed by atoms with Gasteiger partial charge >= 0.3 is 0 Å². The number of hydrogen-bond acceptors (Lipinski definition) is 3. The molecule has 0 aliphatic heterocycles. The van der Waals surface area contributed by atoms with Crippen molar-refractivity contribution >= 4 is 11.6 Å². The lowest BCUT2D eigenvalue weighted by molar-refractivity contribution is -0.121. The molecule has 4 nitrogen and oxygen atoms in total. The fourth-order valence-corrected chi connectivity index (χ4v) is 1.61. The number of hydrogen-bond donors (Lipinski definition) is 3. The third-order valence-electron chi connectivity index (χ3n) is 2.89. The molecule has 18 heavy (non-hydrogen) atoms. The fraction of sp³-hybridized carbons (Fsp3) is 0.500. The number of amides is 1. The molecule has 0 radical (unpaired) electrons. The van der Waals surface area contributed by atoms with Gasteiger partial charge in [0, 0.05) is 18.7 Å². The van der Waals surface area contributed by atoms with E-state index in [1.54, 1.807) is 0 Å². The van der Waals surface area contributed by atoms with E-state index in [-0.39, 0.29) is 12.0 Å². The smallest absolute Gasteiger partial charge is 0.220 e. The van der Waals surface area contributed by atoms with Crippen LogP contribution >= 0.6 is 0 Å². The molecular weight excluding hydrogens is 228 g/mol. The number of carbonyl (C=O) groups is 1. The number of aryl methyl sites for hydroxylation is 1. The van der Waals surface area contributed by atoms with E-state index >= 15 is 0 Å². The molecule has 0 saturated carbocycles. The molecule has 0 aromatic heterocycles. The zero-order valence-corrected chi connectivity index (χ0v) is 10.9. The van der Waals surface area contributed by atoms with Gasteiger partial charge in [-0.2, -0.15) is 0 Å². The second kappa shape index (κ2) is 7.71. The van der Waals surface area contributed by atoms with E-state index in [1.807, 2.05) is 31.2 Å². The molecular formula is C14H22N2O2. The summed E-state index contributed by atoms with van der Waals surface area (Å²) in [4.78, 5) is 11.5. The third kappa shape index (κ3) is 5.68. The monoisotopic (exact) mass is 250 g/mol. The maximum Gasteiger partial charge on any atom is 0.220 e. The van der Waals surface area contributed by atoms with Crippen molar-refractivity contribution in [3.63, 3.8) is 0 Å². The molecule has 0 spiro atoms. The SMILES string of the molecule is CCC(O)CCNC(=O)CCc1ccc(N)cc1. The van der Waals surface area contributed by atoms with Crippen molar-refractivity contribution in [2.75, 3.05) is 12.3 Å². The second-order valence-corrected chi connectivity index (χ2v) is 4.44. The first-order valence-electron chi connectivity index (χ1n) is 6.41. The molecule has 0 saturated heterocycles. The van der Waals surface area contributed by atoms with Crippen LogP contribution in [0.3, 0.4) is 0 Å². The first-order valence-corrected chi connectivity index (χ1v) is 6.41. The zero-order chi connectivity index (χ0) is 13.4. The molecule has 100 valence electrons. The van der Waals surface area contributed by atoms with E-state index < -0.39 is 0 Å². The van der Waals surface area contributed by atoms with E-state index in [0.717, 1.165) is 17.7 Å². The molecule has 0 heterocycles. The molecule has 1 unspecified atom stereocenters. The lowest BCUT2D eigenvalue weighted by Crippen LogP contribution is -2.27. The van der Waals surface area contributed by atoms with Crippen LogP contribution in [0.25, 0.3) is 0 Å². The van der Waals surface area contributed by atoms with E-state index in [0.29, 0.717) is 25.8 Å². The minimum Gasteiger partial charge on any atom is -0.399 e. The first kappa shape index (κ1) is 14.5. The Morgan fingerprint density at radius 1 is 1.39 bits per heavy atom. The van der Waals surface area contributed by atoms with Crippen molar-refractivity contribution < 1.29 is 9.90 Å². The fourth-order valence-electron chi connectivity index (χ4n) is 1.61. The summed E-state index contributed by atoms with van der Waals surface area (Å²) in [5, 5.41) is 12.1. The largest absolute Gasteiger partial charge is 0.399 e. The van der Waals surface area contributed by atoms with Crippen LogP contribution in [0.1, 0.15) is 31.7 Å². The highest BCUT2D eigenvalue weighted by Crippen LogP contribution is 2.07. The van der Waals surface area contributed by atoms with Gasteiger partial charge in [-0.25, -0.2) is 0 Å². The molecule has 1 rings (SSSR count). The summed E-state index contributed by atoms with van der Waals surface area (Å²) in [5.41, 5.74) is 7.42. The molecule has 1 aromatic carbocycles. The number of nitrogens with one attached hydrogen (secondary N) is 1. The quantitative estimate of drug-likeness (QED) is 0.642. The Bertz CT molecular complexity index is 363. The van der Waals surface area contributed by atoms with Crippen LogP contribution in [0.15, 0.2) is 24.3 Å². The number of aliphatic hydroxyl groups is 1. The molecule has 1 aromatic rings. The van der Waals surface area contributed by atoms with E-state index in [9.17, 15) is 9.90 Å². The molecule has 0 bridgehead atoms. The summed E-state index contributed by atoms with van der Waals surface area (Å²) in [6.45, 7) is 2.46. The van der Waals surface area contributed by atoms with Gasteiger partial charge in [-0.1, -0.05) is 19.1 Å². The van der Waals surface area contributed by atoms with Crippen molar-refractivity contribution in [2.45, 2.75) is 38.7 Å². The average molecular weight is 250 g/mol. The van der Waals surface area contributed by atoms with E-state index in [2.05, 4.69) is 5.32 Å². The number of nitrogens with two attached hydrogens (primary N) is 1. The molecule has 0 fully saturated rings. The van der Waals surface area contributed by atoms with Gasteiger partial charge in [-0.3, -0.25) is 4.79 Å².